The highest BCUT2D eigenvalue weighted by Crippen LogP contribution is 2.37. The van der Waals surface area contributed by atoms with Gasteiger partial charge in [-0.25, -0.2) is 4.98 Å². The number of hydrogen-bond acceptors (Lipinski definition) is 4. The fraction of sp³-hybridized carbons (Fsp3) is 0.280. The third-order valence-corrected chi connectivity index (χ3v) is 7.26. The zero-order valence-corrected chi connectivity index (χ0v) is 20.8. The van der Waals surface area contributed by atoms with Crippen LogP contribution in [-0.4, -0.2) is 27.6 Å². The second-order valence-electron chi connectivity index (χ2n) is 8.42. The molecule has 2 heterocycles. The van der Waals surface area contributed by atoms with Gasteiger partial charge in [0.25, 0.3) is 0 Å². The molecular weight excluding hydrogens is 477 g/mol. The van der Waals surface area contributed by atoms with E-state index in [1.165, 1.54) is 0 Å². The van der Waals surface area contributed by atoms with Crippen molar-refractivity contribution in [1.29, 1.82) is 0 Å². The Balaban J connectivity index is 1.75. The first-order valence-electron chi connectivity index (χ1n) is 10.8. The van der Waals surface area contributed by atoms with Gasteiger partial charge < -0.3 is 15.0 Å². The number of nitrogens with zero attached hydrogens (tertiary/aromatic N) is 2. The summed E-state index contributed by atoms with van der Waals surface area (Å²) in [7, 11) is 0. The number of carbonyl (C=O) groups is 1. The first-order chi connectivity index (χ1) is 15.8. The summed E-state index contributed by atoms with van der Waals surface area (Å²) in [6, 6.07) is 13.7. The summed E-state index contributed by atoms with van der Waals surface area (Å²) in [5.74, 6) is -0.385. The number of anilines is 1. The standard InChI is InChI=1S/C25H25Cl2N3O2S/c1-15(2)12-22-24(16-6-7-19(26)20(27)13-16)29-25(33-22)30(11-9-23(31)32)14-17-4-3-5-21-18(17)8-10-28-21/h3-8,10,13,15,28H,9,11-12,14H2,1-2H3,(H,31,32). The summed E-state index contributed by atoms with van der Waals surface area (Å²) >= 11 is 14.0. The number of benzene rings is 2. The maximum absolute atomic E-state index is 11.4. The zero-order valence-electron chi connectivity index (χ0n) is 18.4. The van der Waals surface area contributed by atoms with Crippen LogP contribution in [0.4, 0.5) is 5.13 Å². The van der Waals surface area contributed by atoms with Crippen LogP contribution >= 0.6 is 34.5 Å². The van der Waals surface area contributed by atoms with Crippen molar-refractivity contribution in [3.8, 4) is 11.3 Å². The van der Waals surface area contributed by atoms with E-state index in [0.717, 1.165) is 44.2 Å². The molecule has 2 N–H and O–H groups in total. The van der Waals surface area contributed by atoms with Crippen LogP contribution in [0, 0.1) is 5.92 Å². The maximum atomic E-state index is 11.4. The number of fused-ring (bicyclic) bond motifs is 1. The minimum Gasteiger partial charge on any atom is -0.481 e. The number of hydrogen-bond donors (Lipinski definition) is 2. The largest absolute Gasteiger partial charge is 0.481 e. The molecule has 0 bridgehead atoms. The van der Waals surface area contributed by atoms with E-state index in [1.54, 1.807) is 17.4 Å². The lowest BCUT2D eigenvalue weighted by Crippen LogP contribution is -2.25. The first-order valence-corrected chi connectivity index (χ1v) is 12.4. The fourth-order valence-corrected chi connectivity index (χ4v) is 5.44. The Hall–Kier alpha value is -2.54. The average molecular weight is 502 g/mol. The Morgan fingerprint density at radius 1 is 1.18 bits per heavy atom. The van der Waals surface area contributed by atoms with Crippen molar-refractivity contribution in [3.63, 3.8) is 0 Å². The summed E-state index contributed by atoms with van der Waals surface area (Å²) in [5, 5.41) is 12.3. The van der Waals surface area contributed by atoms with Gasteiger partial charge in [0.15, 0.2) is 5.13 Å². The Kier molecular flexibility index (Phi) is 7.27. The number of aliphatic carboxylic acids is 1. The third-order valence-electron chi connectivity index (χ3n) is 5.39. The highest BCUT2D eigenvalue weighted by atomic mass is 35.5. The smallest absolute Gasteiger partial charge is 0.305 e. The fourth-order valence-electron chi connectivity index (χ4n) is 3.82. The van der Waals surface area contributed by atoms with E-state index in [-0.39, 0.29) is 6.42 Å². The molecule has 5 nitrogen and oxygen atoms in total. The SMILES string of the molecule is CC(C)Cc1sc(N(CCC(=O)O)Cc2cccc3[nH]ccc23)nc1-c1ccc(Cl)c(Cl)c1. The molecule has 0 atom stereocenters. The van der Waals surface area contributed by atoms with Crippen molar-refractivity contribution in [2.24, 2.45) is 5.92 Å². The lowest BCUT2D eigenvalue weighted by molar-refractivity contribution is -0.136. The molecular formula is C25H25Cl2N3O2S. The highest BCUT2D eigenvalue weighted by molar-refractivity contribution is 7.16. The van der Waals surface area contributed by atoms with Crippen molar-refractivity contribution in [3.05, 3.63) is 69.1 Å². The summed E-state index contributed by atoms with van der Waals surface area (Å²) in [6.45, 7) is 5.28. The van der Waals surface area contributed by atoms with Crippen LogP contribution in [0.15, 0.2) is 48.7 Å². The minimum absolute atomic E-state index is 0.0321. The number of aromatic amines is 1. The highest BCUT2D eigenvalue weighted by Gasteiger charge is 2.20. The van der Waals surface area contributed by atoms with E-state index in [0.29, 0.717) is 29.1 Å². The first kappa shape index (κ1) is 23.6. The normalized spacial score (nSPS) is 11.4. The molecule has 4 rings (SSSR count). The monoisotopic (exact) mass is 501 g/mol. The van der Waals surface area contributed by atoms with Gasteiger partial charge >= 0.3 is 5.97 Å². The molecule has 33 heavy (non-hydrogen) atoms. The van der Waals surface area contributed by atoms with E-state index in [9.17, 15) is 9.90 Å². The number of carboxylic acids is 1. The maximum Gasteiger partial charge on any atom is 0.305 e. The molecule has 0 aliphatic rings. The molecule has 8 heteroatoms. The van der Waals surface area contributed by atoms with Crippen LogP contribution in [0.3, 0.4) is 0 Å². The Bertz CT molecular complexity index is 1280. The van der Waals surface area contributed by atoms with Crippen LogP contribution in [0.25, 0.3) is 22.2 Å². The van der Waals surface area contributed by atoms with Gasteiger partial charge in [-0.1, -0.05) is 55.2 Å². The molecule has 0 aliphatic heterocycles. The molecule has 2 aromatic carbocycles. The zero-order chi connectivity index (χ0) is 23.5. The molecule has 0 unspecified atom stereocenters. The Morgan fingerprint density at radius 3 is 2.73 bits per heavy atom. The topological polar surface area (TPSA) is 69.2 Å². The van der Waals surface area contributed by atoms with E-state index >= 15 is 0 Å². The van der Waals surface area contributed by atoms with Crippen LogP contribution in [-0.2, 0) is 17.8 Å². The van der Waals surface area contributed by atoms with Gasteiger partial charge in [-0.05, 0) is 42.2 Å². The summed E-state index contributed by atoms with van der Waals surface area (Å²) < 4.78 is 0. The van der Waals surface area contributed by atoms with Crippen LogP contribution in [0.5, 0.6) is 0 Å². The predicted molar refractivity (Wildman–Crippen MR) is 138 cm³/mol. The van der Waals surface area contributed by atoms with Crippen molar-refractivity contribution >= 4 is 56.5 Å². The number of thiazole rings is 1. The number of rotatable bonds is 9. The molecule has 0 aliphatic carbocycles. The third kappa shape index (κ3) is 5.52. The molecule has 0 saturated heterocycles. The second kappa shape index (κ2) is 10.2. The number of carboxylic acid groups (broad SMARTS) is 1. The molecule has 0 saturated carbocycles. The lowest BCUT2D eigenvalue weighted by atomic mass is 10.0. The van der Waals surface area contributed by atoms with Crippen molar-refractivity contribution in [1.82, 2.24) is 9.97 Å². The van der Waals surface area contributed by atoms with Gasteiger partial charge in [-0.2, -0.15) is 0 Å². The van der Waals surface area contributed by atoms with Gasteiger partial charge in [0.2, 0.25) is 0 Å². The quantitative estimate of drug-likeness (QED) is 0.252. The summed E-state index contributed by atoms with van der Waals surface area (Å²) in [6.07, 6.45) is 2.82. The summed E-state index contributed by atoms with van der Waals surface area (Å²) in [5.41, 5.74) is 3.97. The van der Waals surface area contributed by atoms with E-state index in [4.69, 9.17) is 28.2 Å². The van der Waals surface area contributed by atoms with Crippen molar-refractivity contribution < 1.29 is 9.90 Å². The molecule has 172 valence electrons. The van der Waals surface area contributed by atoms with Gasteiger partial charge in [0, 0.05) is 40.6 Å². The van der Waals surface area contributed by atoms with Gasteiger partial charge in [0.1, 0.15) is 0 Å². The van der Waals surface area contributed by atoms with E-state index in [1.807, 2.05) is 36.5 Å². The Morgan fingerprint density at radius 2 is 2.00 bits per heavy atom. The molecule has 4 aromatic rings. The number of halogens is 2. The van der Waals surface area contributed by atoms with Gasteiger partial charge in [-0.15, -0.1) is 11.3 Å². The minimum atomic E-state index is -0.830. The van der Waals surface area contributed by atoms with Gasteiger partial charge in [0.05, 0.1) is 22.2 Å². The summed E-state index contributed by atoms with van der Waals surface area (Å²) in [4.78, 5) is 22.8. The van der Waals surface area contributed by atoms with Crippen LogP contribution in [0.1, 0.15) is 30.7 Å². The predicted octanol–water partition coefficient (Wildman–Crippen LogP) is 7.28. The van der Waals surface area contributed by atoms with Crippen LogP contribution in [0.2, 0.25) is 10.0 Å². The number of H-pyrrole nitrogens is 1. The van der Waals surface area contributed by atoms with Gasteiger partial charge in [-0.3, -0.25) is 4.79 Å². The molecule has 0 radical (unpaired) electrons. The molecule has 2 aromatic heterocycles. The second-order valence-corrected chi connectivity index (χ2v) is 10.3. The average Bonchev–Trinajstić information content (AvgIpc) is 3.40. The lowest BCUT2D eigenvalue weighted by Gasteiger charge is -2.21. The van der Waals surface area contributed by atoms with E-state index in [2.05, 4.69) is 29.8 Å². The van der Waals surface area contributed by atoms with E-state index < -0.39 is 5.97 Å². The Labute approximate surface area is 207 Å². The molecule has 0 amide bonds. The van der Waals surface area contributed by atoms with Crippen LogP contribution < -0.4 is 4.90 Å². The van der Waals surface area contributed by atoms with Crippen molar-refractivity contribution in [2.45, 2.75) is 33.2 Å². The molecule has 0 spiro atoms. The number of nitrogens with one attached hydrogen (secondary N) is 1. The number of aromatic nitrogens is 2. The molecule has 0 fully saturated rings. The van der Waals surface area contributed by atoms with Crippen molar-refractivity contribution in [2.75, 3.05) is 11.4 Å².